The monoisotopic (exact) mass is 493 g/mol. The normalized spacial score (nSPS) is 26.0. The van der Waals surface area contributed by atoms with Crippen LogP contribution in [0.5, 0.6) is 0 Å². The molecule has 190 valence electrons. The van der Waals surface area contributed by atoms with E-state index in [1.807, 2.05) is 11.2 Å². The van der Waals surface area contributed by atoms with E-state index in [1.165, 1.54) is 0 Å². The van der Waals surface area contributed by atoms with Crippen molar-refractivity contribution in [2.24, 2.45) is 11.8 Å². The van der Waals surface area contributed by atoms with Gasteiger partial charge in [0.05, 0.1) is 24.5 Å². The van der Waals surface area contributed by atoms with E-state index in [-0.39, 0.29) is 36.2 Å². The van der Waals surface area contributed by atoms with Crippen LogP contribution in [0.4, 0.5) is 0 Å². The molecule has 3 heterocycles. The molecule has 0 unspecified atom stereocenters. The van der Waals surface area contributed by atoms with Gasteiger partial charge in [-0.2, -0.15) is 11.8 Å². The highest BCUT2D eigenvalue weighted by Crippen LogP contribution is 2.33. The number of amides is 2. The summed E-state index contributed by atoms with van der Waals surface area (Å²) in [6, 6.07) is -1.18. The third-order valence-electron chi connectivity index (χ3n) is 7.48. The molecule has 3 N–H and O–H groups in total. The predicted octanol–water partition coefficient (Wildman–Crippen LogP) is 2.00. The first kappa shape index (κ1) is 26.5. The number of carbonyl (C=O) groups is 3. The Morgan fingerprint density at radius 3 is 2.59 bits per heavy atom. The van der Waals surface area contributed by atoms with E-state index in [4.69, 9.17) is 0 Å². The molecule has 2 aliphatic heterocycles. The van der Waals surface area contributed by atoms with E-state index in [0.717, 1.165) is 44.5 Å². The fourth-order valence-electron chi connectivity index (χ4n) is 5.52. The van der Waals surface area contributed by atoms with Crippen LogP contribution in [-0.2, 0) is 20.8 Å². The molecular weight excluding hydrogens is 454 g/mol. The second-order valence-corrected chi connectivity index (χ2v) is 10.4. The van der Waals surface area contributed by atoms with Crippen molar-refractivity contribution in [3.05, 3.63) is 18.2 Å². The van der Waals surface area contributed by atoms with Gasteiger partial charge in [-0.25, -0.2) is 9.78 Å². The van der Waals surface area contributed by atoms with E-state index < -0.39 is 12.0 Å². The number of thioether (sulfide) groups is 1. The number of hydrogen-bond acceptors (Lipinski definition) is 6. The number of carbonyl (C=O) groups excluding carboxylic acids is 2. The lowest BCUT2D eigenvalue weighted by Crippen LogP contribution is -2.54. The van der Waals surface area contributed by atoms with Crippen molar-refractivity contribution in [3.63, 3.8) is 0 Å². The van der Waals surface area contributed by atoms with Crippen LogP contribution in [0, 0.1) is 11.8 Å². The minimum atomic E-state index is -0.989. The average molecular weight is 494 g/mol. The smallest absolute Gasteiger partial charge is 0.326 e. The average Bonchev–Trinajstić information content (AvgIpc) is 3.56. The molecule has 3 rings (SSSR count). The highest BCUT2D eigenvalue weighted by Gasteiger charge is 2.44. The predicted molar refractivity (Wildman–Crippen MR) is 133 cm³/mol. The number of imidazole rings is 1. The van der Waals surface area contributed by atoms with Crippen LogP contribution in [0.1, 0.15) is 51.6 Å². The first-order chi connectivity index (χ1) is 16.4. The molecule has 2 saturated heterocycles. The summed E-state index contributed by atoms with van der Waals surface area (Å²) in [5.74, 6) is 0.139. The lowest BCUT2D eigenvalue weighted by molar-refractivity contribution is -0.143. The second kappa shape index (κ2) is 12.6. The summed E-state index contributed by atoms with van der Waals surface area (Å²) in [6.07, 6.45) is 9.65. The Bertz CT molecular complexity index is 820. The number of aromatic amines is 1. The van der Waals surface area contributed by atoms with E-state index in [9.17, 15) is 19.5 Å². The highest BCUT2D eigenvalue weighted by molar-refractivity contribution is 7.98. The fraction of sp³-hybridized carbons (Fsp3) is 0.750. The Kier molecular flexibility index (Phi) is 9.82. The maximum Gasteiger partial charge on any atom is 0.326 e. The summed E-state index contributed by atoms with van der Waals surface area (Å²) in [7, 11) is 0. The number of hydrogen-bond donors (Lipinski definition) is 3. The van der Waals surface area contributed by atoms with Gasteiger partial charge in [0.2, 0.25) is 11.8 Å². The van der Waals surface area contributed by atoms with Crippen molar-refractivity contribution < 1.29 is 19.5 Å². The number of nitrogens with one attached hydrogen (secondary N) is 2. The van der Waals surface area contributed by atoms with Crippen LogP contribution in [0.25, 0.3) is 0 Å². The van der Waals surface area contributed by atoms with E-state index in [2.05, 4.69) is 34.0 Å². The van der Waals surface area contributed by atoms with Gasteiger partial charge in [-0.15, -0.1) is 0 Å². The number of carboxylic acid groups (broad SMARTS) is 1. The van der Waals surface area contributed by atoms with Gasteiger partial charge >= 0.3 is 5.97 Å². The first-order valence-electron chi connectivity index (χ1n) is 12.4. The lowest BCUT2D eigenvalue weighted by atomic mass is 9.94. The van der Waals surface area contributed by atoms with Crippen molar-refractivity contribution in [1.82, 2.24) is 25.1 Å². The summed E-state index contributed by atoms with van der Waals surface area (Å²) in [6.45, 7) is 6.39. The highest BCUT2D eigenvalue weighted by atomic mass is 32.2. The van der Waals surface area contributed by atoms with Gasteiger partial charge in [-0.05, 0) is 49.7 Å². The zero-order chi connectivity index (χ0) is 24.7. The zero-order valence-electron chi connectivity index (χ0n) is 20.5. The molecule has 9 nitrogen and oxygen atoms in total. The molecule has 0 saturated carbocycles. The lowest BCUT2D eigenvalue weighted by Gasteiger charge is -2.35. The second-order valence-electron chi connectivity index (χ2n) is 9.43. The van der Waals surface area contributed by atoms with Crippen molar-refractivity contribution in [1.29, 1.82) is 0 Å². The molecule has 1 aromatic heterocycles. The zero-order valence-corrected chi connectivity index (χ0v) is 21.4. The van der Waals surface area contributed by atoms with E-state index >= 15 is 0 Å². The Labute approximate surface area is 206 Å². The molecule has 10 heteroatoms. The molecule has 2 aliphatic rings. The van der Waals surface area contributed by atoms with Gasteiger partial charge < -0.3 is 20.3 Å². The molecular formula is C24H39N5O4S. The summed E-state index contributed by atoms with van der Waals surface area (Å²) >= 11 is 1.57. The van der Waals surface area contributed by atoms with Gasteiger partial charge in [0, 0.05) is 25.3 Å². The van der Waals surface area contributed by atoms with Crippen molar-refractivity contribution in [2.45, 2.75) is 70.5 Å². The van der Waals surface area contributed by atoms with Gasteiger partial charge in [0.25, 0.3) is 0 Å². The maximum absolute atomic E-state index is 13.3. The molecule has 2 fully saturated rings. The number of nitrogens with zero attached hydrogens (tertiary/aromatic N) is 3. The number of aliphatic carboxylic acids is 1. The topological polar surface area (TPSA) is 119 Å². The third kappa shape index (κ3) is 6.33. The number of aromatic nitrogens is 2. The molecule has 1 aromatic rings. The molecule has 2 amide bonds. The number of rotatable bonds is 12. The van der Waals surface area contributed by atoms with Crippen LogP contribution in [0.2, 0.25) is 0 Å². The number of carboxylic acids is 1. The van der Waals surface area contributed by atoms with Gasteiger partial charge in [0.15, 0.2) is 0 Å². The first-order valence-corrected chi connectivity index (χ1v) is 13.8. The van der Waals surface area contributed by atoms with Gasteiger partial charge in [-0.1, -0.05) is 26.7 Å². The maximum atomic E-state index is 13.3. The fourth-order valence-corrected chi connectivity index (χ4v) is 6.00. The molecule has 0 spiro atoms. The van der Waals surface area contributed by atoms with Crippen molar-refractivity contribution in [3.8, 4) is 0 Å². The molecule has 0 aromatic carbocycles. The van der Waals surface area contributed by atoms with Crippen LogP contribution in [0.15, 0.2) is 12.5 Å². The Balaban J connectivity index is 1.72. The third-order valence-corrected chi connectivity index (χ3v) is 8.13. The quantitative estimate of drug-likeness (QED) is 0.407. The Morgan fingerprint density at radius 1 is 1.24 bits per heavy atom. The van der Waals surface area contributed by atoms with Crippen LogP contribution >= 0.6 is 11.8 Å². The number of likely N-dealkylation sites (tertiary alicyclic amines) is 2. The van der Waals surface area contributed by atoms with Gasteiger partial charge in [-0.3, -0.25) is 14.5 Å². The molecule has 34 heavy (non-hydrogen) atoms. The Morgan fingerprint density at radius 2 is 1.97 bits per heavy atom. The van der Waals surface area contributed by atoms with Crippen LogP contribution in [-0.4, -0.2) is 92.4 Å². The standard InChI is InChI=1S/C24H39N5O4S/c1-4-16-7-10-29(21(30)12-18-13-25-15-26-18)20(16)14-28-9-6-17(5-2)22(28)23(31)27-19(24(32)33)8-11-34-3/h13,15-17,19-20,22H,4-12,14H2,1-3H3,(H,25,26)(H,27,31)(H,32,33)/t16-,17-,19-,20+,22-/m0/s1. The number of H-pyrrole nitrogens is 1. The van der Waals surface area contributed by atoms with Crippen molar-refractivity contribution >= 4 is 29.5 Å². The minimum absolute atomic E-state index is 0.0501. The summed E-state index contributed by atoms with van der Waals surface area (Å²) in [4.78, 5) is 49.5. The summed E-state index contributed by atoms with van der Waals surface area (Å²) < 4.78 is 0. The van der Waals surface area contributed by atoms with Crippen LogP contribution in [0.3, 0.4) is 0 Å². The Hall–Kier alpha value is -2.07. The van der Waals surface area contributed by atoms with Gasteiger partial charge in [0.1, 0.15) is 6.04 Å². The van der Waals surface area contributed by atoms with E-state index in [0.29, 0.717) is 24.6 Å². The summed E-state index contributed by atoms with van der Waals surface area (Å²) in [5.41, 5.74) is 0.734. The van der Waals surface area contributed by atoms with Crippen molar-refractivity contribution in [2.75, 3.05) is 31.6 Å². The van der Waals surface area contributed by atoms with Crippen LogP contribution < -0.4 is 5.32 Å². The molecule has 0 aliphatic carbocycles. The largest absolute Gasteiger partial charge is 0.480 e. The summed E-state index contributed by atoms with van der Waals surface area (Å²) in [5, 5.41) is 12.4. The molecule has 5 atom stereocenters. The molecule has 0 bridgehead atoms. The van der Waals surface area contributed by atoms with E-state index in [1.54, 1.807) is 24.3 Å². The molecule has 0 radical (unpaired) electrons. The SMILES string of the molecule is CC[C@H]1CCN(C[C@@H]2[C@@H](CC)CCN2C(=O)Cc2c[nH]cn2)[C@@H]1C(=O)N[C@@H](CCSC)C(=O)O. The minimum Gasteiger partial charge on any atom is -0.480 e.